The Morgan fingerprint density at radius 1 is 0.606 bits per heavy atom. The van der Waals surface area contributed by atoms with Crippen LogP contribution in [0.3, 0.4) is 0 Å². The van der Waals surface area contributed by atoms with Gasteiger partial charge in [-0.2, -0.15) is 8.42 Å². The third kappa shape index (κ3) is 34.2. The predicted molar refractivity (Wildman–Crippen MR) is 265 cm³/mol. The summed E-state index contributed by atoms with van der Waals surface area (Å²) < 4.78 is 47.7. The molecule has 14 heteroatoms. The topological polar surface area (TPSA) is 212 Å². The van der Waals surface area contributed by atoms with E-state index in [1.54, 1.807) is 6.08 Å². The Morgan fingerprint density at radius 3 is 1.36 bits per heavy atom. The Hall–Kier alpha value is -1.20. The summed E-state index contributed by atoms with van der Waals surface area (Å²) in [5, 5.41) is 55.5. The number of nitrogens with one attached hydrogen (secondary N) is 1. The van der Waals surface area contributed by atoms with E-state index in [0.29, 0.717) is 12.8 Å². The molecular formula is C52H101NO12S. The van der Waals surface area contributed by atoms with Gasteiger partial charge in [-0.3, -0.25) is 9.35 Å². The second-order valence-corrected chi connectivity index (χ2v) is 20.4. The second-order valence-electron chi connectivity index (χ2n) is 19.3. The van der Waals surface area contributed by atoms with Crippen molar-refractivity contribution in [2.75, 3.05) is 13.2 Å². The monoisotopic (exact) mass is 964 g/mol. The molecule has 0 bridgehead atoms. The summed E-state index contributed by atoms with van der Waals surface area (Å²) in [7, 11) is -5.12. The van der Waals surface area contributed by atoms with Crippen LogP contribution in [-0.2, 0) is 28.9 Å². The maximum Gasteiger partial charge on any atom is 0.397 e. The summed E-state index contributed by atoms with van der Waals surface area (Å²) in [5.74, 6) is -0.697. The van der Waals surface area contributed by atoms with Crippen molar-refractivity contribution >= 4 is 16.3 Å². The van der Waals surface area contributed by atoms with Gasteiger partial charge in [0, 0.05) is 0 Å². The zero-order valence-corrected chi connectivity index (χ0v) is 42.7. The van der Waals surface area contributed by atoms with Crippen LogP contribution in [0, 0.1) is 0 Å². The highest BCUT2D eigenvalue weighted by atomic mass is 32.3. The summed E-state index contributed by atoms with van der Waals surface area (Å²) in [6.45, 7) is 3.26. The van der Waals surface area contributed by atoms with Crippen molar-refractivity contribution in [2.24, 2.45) is 0 Å². The van der Waals surface area contributed by atoms with Crippen molar-refractivity contribution in [1.82, 2.24) is 5.32 Å². The zero-order valence-electron chi connectivity index (χ0n) is 41.9. The van der Waals surface area contributed by atoms with Gasteiger partial charge in [0.2, 0.25) is 5.91 Å². The summed E-state index contributed by atoms with van der Waals surface area (Å²) in [4.78, 5) is 13.2. The molecule has 8 unspecified atom stereocenters. The average molecular weight is 964 g/mol. The van der Waals surface area contributed by atoms with Crippen LogP contribution in [0.15, 0.2) is 12.2 Å². The normalized spacial score (nSPS) is 20.5. The minimum atomic E-state index is -5.12. The molecule has 7 N–H and O–H groups in total. The van der Waals surface area contributed by atoms with Crippen LogP contribution in [0.2, 0.25) is 0 Å². The van der Waals surface area contributed by atoms with E-state index in [1.165, 1.54) is 180 Å². The number of aliphatic hydroxyl groups is 5. The Bertz CT molecular complexity index is 1240. The summed E-state index contributed by atoms with van der Waals surface area (Å²) in [6.07, 6.45) is 37.1. The van der Waals surface area contributed by atoms with Crippen molar-refractivity contribution in [3.8, 4) is 0 Å². The van der Waals surface area contributed by atoms with Crippen molar-refractivity contribution in [2.45, 2.75) is 300 Å². The molecular weight excluding hydrogens is 863 g/mol. The number of carbonyl (C=O) groups excluding carboxylic acids is 1. The zero-order chi connectivity index (χ0) is 48.5. The highest BCUT2D eigenvalue weighted by molar-refractivity contribution is 7.80. The third-order valence-corrected chi connectivity index (χ3v) is 13.6. The van der Waals surface area contributed by atoms with Crippen molar-refractivity contribution < 1.29 is 57.0 Å². The molecule has 13 nitrogen and oxygen atoms in total. The molecule has 1 rings (SSSR count). The minimum Gasteiger partial charge on any atom is -0.394 e. The molecule has 1 heterocycles. The van der Waals surface area contributed by atoms with E-state index in [-0.39, 0.29) is 6.42 Å². The van der Waals surface area contributed by atoms with E-state index in [9.17, 15) is 43.3 Å². The molecule has 1 aliphatic rings. The van der Waals surface area contributed by atoms with E-state index in [4.69, 9.17) is 9.47 Å². The number of ether oxygens (including phenoxy) is 2. The molecule has 0 saturated carbocycles. The van der Waals surface area contributed by atoms with Gasteiger partial charge in [-0.15, -0.1) is 0 Å². The molecule has 8 atom stereocenters. The minimum absolute atomic E-state index is 0.249. The lowest BCUT2D eigenvalue weighted by Crippen LogP contribution is -2.61. The van der Waals surface area contributed by atoms with Gasteiger partial charge in [-0.1, -0.05) is 244 Å². The molecule has 0 aromatic carbocycles. The molecule has 392 valence electrons. The van der Waals surface area contributed by atoms with Crippen LogP contribution >= 0.6 is 0 Å². The van der Waals surface area contributed by atoms with Crippen LogP contribution in [0.1, 0.15) is 251 Å². The lowest BCUT2D eigenvalue weighted by atomic mass is 9.99. The van der Waals surface area contributed by atoms with E-state index >= 15 is 0 Å². The fourth-order valence-corrected chi connectivity index (χ4v) is 9.38. The van der Waals surface area contributed by atoms with Gasteiger partial charge >= 0.3 is 10.4 Å². The molecule has 0 aliphatic carbocycles. The van der Waals surface area contributed by atoms with E-state index in [2.05, 4.69) is 23.3 Å². The lowest BCUT2D eigenvalue weighted by Gasteiger charge is -2.41. The Morgan fingerprint density at radius 2 is 0.985 bits per heavy atom. The number of amides is 1. The number of aliphatic hydroxyl groups excluding tert-OH is 5. The van der Waals surface area contributed by atoms with Crippen molar-refractivity contribution in [1.29, 1.82) is 0 Å². The number of allylic oxidation sites excluding steroid dienone is 1. The largest absolute Gasteiger partial charge is 0.397 e. The SMILES string of the molecule is CCCCCCCCCCCCCCCCCCC/C=C/C(O)C(COC1OC(CO)C(O)C(OS(=O)(=O)O)C1O)NC(=O)C(O)CCCCCCCCCCCCCCCCCCCC. The van der Waals surface area contributed by atoms with Gasteiger partial charge in [-0.05, 0) is 19.3 Å². The van der Waals surface area contributed by atoms with Crippen LogP contribution in [-0.4, -0.2) is 107 Å². The van der Waals surface area contributed by atoms with Crippen LogP contribution < -0.4 is 5.32 Å². The molecule has 1 amide bonds. The first-order valence-corrected chi connectivity index (χ1v) is 28.5. The molecule has 0 spiro atoms. The Kier molecular flexibility index (Phi) is 40.6. The Balaban J connectivity index is 2.48. The van der Waals surface area contributed by atoms with Gasteiger partial charge in [0.05, 0.1) is 25.4 Å². The van der Waals surface area contributed by atoms with Gasteiger partial charge in [0.1, 0.15) is 30.5 Å². The Labute approximate surface area is 403 Å². The second kappa shape index (κ2) is 42.7. The molecule has 1 aliphatic heterocycles. The first kappa shape index (κ1) is 62.8. The quantitative estimate of drug-likeness (QED) is 0.0172. The highest BCUT2D eigenvalue weighted by Crippen LogP contribution is 2.26. The number of hydrogen-bond donors (Lipinski definition) is 7. The molecule has 66 heavy (non-hydrogen) atoms. The predicted octanol–water partition coefficient (Wildman–Crippen LogP) is 10.9. The van der Waals surface area contributed by atoms with E-state index < -0.39 is 78.5 Å². The number of rotatable bonds is 47. The molecule has 0 aromatic heterocycles. The van der Waals surface area contributed by atoms with Gasteiger partial charge in [0.15, 0.2) is 6.29 Å². The standard InChI is InChI=1S/C52H101NO12S/c1-3-5-7-9-11-13-15-17-19-21-23-25-26-28-30-32-34-36-38-40-45(55)44(43-63-52-49(58)50(65-66(60,61)62)48(57)47(42-54)64-52)53-51(59)46(56)41-39-37-35-33-31-29-27-24-22-20-18-16-14-12-10-8-6-4-2/h38,40,44-50,52,54-58H,3-37,39,41-43H2,1-2H3,(H,53,59)(H,60,61,62)/b40-38+. The van der Waals surface area contributed by atoms with E-state index in [1.807, 2.05) is 6.08 Å². The third-order valence-electron chi connectivity index (χ3n) is 13.2. The maximum absolute atomic E-state index is 13.2. The first-order valence-electron chi connectivity index (χ1n) is 27.2. The lowest BCUT2D eigenvalue weighted by molar-refractivity contribution is -0.298. The number of carbonyl (C=O) groups is 1. The van der Waals surface area contributed by atoms with Gasteiger partial charge in [-0.25, -0.2) is 4.18 Å². The smallest absolute Gasteiger partial charge is 0.394 e. The molecule has 1 saturated heterocycles. The van der Waals surface area contributed by atoms with E-state index in [0.717, 1.165) is 38.5 Å². The molecule has 0 radical (unpaired) electrons. The van der Waals surface area contributed by atoms with Crippen LogP contribution in [0.5, 0.6) is 0 Å². The molecule has 1 fully saturated rings. The van der Waals surface area contributed by atoms with Gasteiger partial charge < -0.3 is 40.3 Å². The highest BCUT2D eigenvalue weighted by Gasteiger charge is 2.48. The number of hydrogen-bond acceptors (Lipinski definition) is 11. The van der Waals surface area contributed by atoms with Crippen LogP contribution in [0.4, 0.5) is 0 Å². The van der Waals surface area contributed by atoms with Crippen LogP contribution in [0.25, 0.3) is 0 Å². The maximum atomic E-state index is 13.2. The van der Waals surface area contributed by atoms with Gasteiger partial charge in [0.25, 0.3) is 0 Å². The summed E-state index contributed by atoms with van der Waals surface area (Å²) in [6, 6.07) is -1.12. The fraction of sp³-hybridized carbons (Fsp3) is 0.942. The fourth-order valence-electron chi connectivity index (χ4n) is 8.88. The van der Waals surface area contributed by atoms with Crippen molar-refractivity contribution in [3.63, 3.8) is 0 Å². The molecule has 0 aromatic rings. The summed E-state index contributed by atoms with van der Waals surface area (Å²) in [5.41, 5.74) is 0. The first-order chi connectivity index (χ1) is 31.9. The summed E-state index contributed by atoms with van der Waals surface area (Å²) >= 11 is 0. The van der Waals surface area contributed by atoms with Crippen molar-refractivity contribution in [3.05, 3.63) is 12.2 Å². The average Bonchev–Trinajstić information content (AvgIpc) is 3.29. The number of unbranched alkanes of at least 4 members (excludes halogenated alkanes) is 34.